The van der Waals surface area contributed by atoms with Gasteiger partial charge in [0.1, 0.15) is 0 Å². The van der Waals surface area contributed by atoms with Crippen LogP contribution in [0.4, 0.5) is 0 Å². The number of hydrogen-bond donors (Lipinski definition) is 0. The first kappa shape index (κ1) is 16.8. The van der Waals surface area contributed by atoms with Gasteiger partial charge in [0.15, 0.2) is 5.16 Å². The van der Waals surface area contributed by atoms with E-state index in [4.69, 9.17) is 10.00 Å². The number of carbonyl (C=O) groups is 1. The largest absolute Gasteiger partial charge is 0.378 e. The molecule has 1 aromatic carbocycles. The van der Waals surface area contributed by atoms with Gasteiger partial charge in [-0.2, -0.15) is 5.26 Å². The Kier molecular flexibility index (Phi) is 5.38. The molecule has 0 unspecified atom stereocenters. The predicted octanol–water partition coefficient (Wildman–Crippen LogP) is 2.29. The normalized spacial score (nSPS) is 16.1. The summed E-state index contributed by atoms with van der Waals surface area (Å²) in [6, 6.07) is 10.0. The summed E-state index contributed by atoms with van der Waals surface area (Å²) in [5.74, 6) is 0.113. The van der Waals surface area contributed by atoms with E-state index in [1.165, 1.54) is 11.8 Å². The first-order valence-electron chi connectivity index (χ1n) is 8.06. The summed E-state index contributed by atoms with van der Waals surface area (Å²) in [5.41, 5.74) is 1.89. The van der Waals surface area contributed by atoms with Crippen molar-refractivity contribution < 1.29 is 9.53 Å². The third-order valence-electron chi connectivity index (χ3n) is 4.02. The summed E-state index contributed by atoms with van der Waals surface area (Å²) in [6.45, 7) is 4.99. The number of aryl methyl sites for hydroxylation is 1. The van der Waals surface area contributed by atoms with Gasteiger partial charge in [0.2, 0.25) is 5.91 Å². The smallest absolute Gasteiger partial charge is 0.236 e. The van der Waals surface area contributed by atoms with Crippen LogP contribution in [0.1, 0.15) is 13.3 Å². The van der Waals surface area contributed by atoms with E-state index in [0.29, 0.717) is 39.3 Å². The maximum Gasteiger partial charge on any atom is 0.236 e. The van der Waals surface area contributed by atoms with Crippen molar-refractivity contribution >= 4 is 28.7 Å². The molecular weight excluding hydrogens is 324 g/mol. The van der Waals surface area contributed by atoms with Crippen molar-refractivity contribution in [1.82, 2.24) is 14.5 Å². The number of carbonyl (C=O) groups excluding carboxylic acids is 1. The lowest BCUT2D eigenvalue weighted by molar-refractivity contribution is -0.134. The molecule has 24 heavy (non-hydrogen) atoms. The first-order chi connectivity index (χ1) is 11.7. The Bertz CT molecular complexity index is 762. The van der Waals surface area contributed by atoms with Crippen LogP contribution >= 0.6 is 11.8 Å². The van der Waals surface area contributed by atoms with Gasteiger partial charge < -0.3 is 14.2 Å². The summed E-state index contributed by atoms with van der Waals surface area (Å²) in [5, 5.41) is 9.48. The number of para-hydroxylation sites is 2. The molecule has 0 radical (unpaired) electrons. The Hall–Kier alpha value is -2.04. The molecule has 1 aromatic heterocycles. The molecule has 0 aliphatic carbocycles. The van der Waals surface area contributed by atoms with Crippen LogP contribution in [0.25, 0.3) is 11.0 Å². The number of morpholine rings is 1. The zero-order chi connectivity index (χ0) is 16.9. The first-order valence-corrected chi connectivity index (χ1v) is 8.94. The van der Waals surface area contributed by atoms with Gasteiger partial charge >= 0.3 is 0 Å². The second-order valence-corrected chi connectivity index (χ2v) is 6.95. The fraction of sp³-hybridized carbons (Fsp3) is 0.471. The molecule has 1 amide bonds. The van der Waals surface area contributed by atoms with E-state index in [1.807, 2.05) is 40.7 Å². The highest BCUT2D eigenvalue weighted by molar-refractivity contribution is 8.00. The SMILES string of the molecule is C[C@H](Sc1nc2ccccc2n1CCC#N)C(=O)N1CCOCC1. The van der Waals surface area contributed by atoms with Crippen molar-refractivity contribution in [3.63, 3.8) is 0 Å². The lowest BCUT2D eigenvalue weighted by atomic mass is 10.3. The minimum atomic E-state index is -0.222. The van der Waals surface area contributed by atoms with E-state index in [9.17, 15) is 4.79 Å². The number of benzene rings is 1. The van der Waals surface area contributed by atoms with Gasteiger partial charge in [-0.1, -0.05) is 23.9 Å². The molecule has 7 heteroatoms. The number of nitriles is 1. The zero-order valence-corrected chi connectivity index (χ0v) is 14.5. The van der Waals surface area contributed by atoms with Gasteiger partial charge in [0, 0.05) is 19.6 Å². The van der Waals surface area contributed by atoms with E-state index in [1.54, 1.807) is 0 Å². The molecule has 3 rings (SSSR count). The third kappa shape index (κ3) is 3.55. The molecule has 0 N–H and O–H groups in total. The van der Waals surface area contributed by atoms with Crippen LogP contribution in [-0.2, 0) is 16.1 Å². The van der Waals surface area contributed by atoms with Crippen molar-refractivity contribution in [1.29, 1.82) is 5.26 Å². The van der Waals surface area contributed by atoms with Crippen LogP contribution < -0.4 is 0 Å². The molecule has 126 valence electrons. The van der Waals surface area contributed by atoms with Gasteiger partial charge in [0.25, 0.3) is 0 Å². The van der Waals surface area contributed by atoms with Crippen LogP contribution in [0.15, 0.2) is 29.4 Å². The predicted molar refractivity (Wildman–Crippen MR) is 92.7 cm³/mol. The molecule has 6 nitrogen and oxygen atoms in total. The second kappa shape index (κ2) is 7.69. The molecule has 1 atom stereocenters. The quantitative estimate of drug-likeness (QED) is 0.778. The summed E-state index contributed by atoms with van der Waals surface area (Å²) < 4.78 is 7.34. The Morgan fingerprint density at radius 3 is 2.92 bits per heavy atom. The number of hydrogen-bond acceptors (Lipinski definition) is 5. The summed E-state index contributed by atoms with van der Waals surface area (Å²) >= 11 is 1.46. The maximum absolute atomic E-state index is 12.6. The molecule has 0 bridgehead atoms. The minimum absolute atomic E-state index is 0.113. The molecule has 1 aliphatic heterocycles. The van der Waals surface area contributed by atoms with Gasteiger partial charge in [-0.15, -0.1) is 0 Å². The Morgan fingerprint density at radius 2 is 2.17 bits per heavy atom. The van der Waals surface area contributed by atoms with Crippen molar-refractivity contribution in [2.75, 3.05) is 26.3 Å². The maximum atomic E-state index is 12.6. The second-order valence-electron chi connectivity index (χ2n) is 5.64. The Balaban J connectivity index is 1.80. The van der Waals surface area contributed by atoms with Crippen LogP contribution in [0.2, 0.25) is 0 Å². The number of fused-ring (bicyclic) bond motifs is 1. The van der Waals surface area contributed by atoms with Crippen LogP contribution in [0.5, 0.6) is 0 Å². The topological polar surface area (TPSA) is 71.2 Å². The standard InChI is InChI=1S/C17H20N4O2S/c1-13(16(22)20-9-11-23-12-10-20)24-17-19-14-5-2-3-6-15(14)21(17)8-4-7-18/h2-3,5-6,13H,4,8-12H2,1H3/t13-/m0/s1. The number of nitrogens with zero attached hydrogens (tertiary/aromatic N) is 4. The lowest BCUT2D eigenvalue weighted by Crippen LogP contribution is -2.44. The molecule has 1 saturated heterocycles. The van der Waals surface area contributed by atoms with Crippen molar-refractivity contribution in [3.8, 4) is 6.07 Å². The van der Waals surface area contributed by atoms with Crippen LogP contribution in [0.3, 0.4) is 0 Å². The summed E-state index contributed by atoms with van der Waals surface area (Å²) in [6.07, 6.45) is 0.416. The van der Waals surface area contributed by atoms with Gasteiger partial charge in [0.05, 0.1) is 42.0 Å². The molecule has 2 aromatic rings. The highest BCUT2D eigenvalue weighted by atomic mass is 32.2. The number of imidazole rings is 1. The van der Waals surface area contributed by atoms with E-state index in [0.717, 1.165) is 16.2 Å². The highest BCUT2D eigenvalue weighted by Crippen LogP contribution is 2.28. The van der Waals surface area contributed by atoms with E-state index < -0.39 is 0 Å². The fourth-order valence-corrected chi connectivity index (χ4v) is 3.80. The van der Waals surface area contributed by atoms with Gasteiger partial charge in [-0.3, -0.25) is 4.79 Å². The molecule has 2 heterocycles. The van der Waals surface area contributed by atoms with E-state index in [2.05, 4.69) is 11.1 Å². The lowest BCUT2D eigenvalue weighted by Gasteiger charge is -2.28. The average Bonchev–Trinajstić information content (AvgIpc) is 2.97. The summed E-state index contributed by atoms with van der Waals surface area (Å²) in [4.78, 5) is 19.1. The Morgan fingerprint density at radius 1 is 1.42 bits per heavy atom. The van der Waals surface area contributed by atoms with Crippen molar-refractivity contribution in [3.05, 3.63) is 24.3 Å². The van der Waals surface area contributed by atoms with Gasteiger partial charge in [-0.05, 0) is 19.1 Å². The molecule has 0 spiro atoms. The number of amides is 1. The van der Waals surface area contributed by atoms with Crippen LogP contribution in [0, 0.1) is 11.3 Å². The van der Waals surface area contributed by atoms with Crippen molar-refractivity contribution in [2.45, 2.75) is 30.3 Å². The summed E-state index contributed by atoms with van der Waals surface area (Å²) in [7, 11) is 0. The molecule has 0 saturated carbocycles. The molecule has 1 fully saturated rings. The van der Waals surface area contributed by atoms with E-state index in [-0.39, 0.29) is 11.2 Å². The zero-order valence-electron chi connectivity index (χ0n) is 13.6. The monoisotopic (exact) mass is 344 g/mol. The third-order valence-corrected chi connectivity index (χ3v) is 5.10. The van der Waals surface area contributed by atoms with Crippen molar-refractivity contribution in [2.24, 2.45) is 0 Å². The number of aromatic nitrogens is 2. The number of thioether (sulfide) groups is 1. The highest BCUT2D eigenvalue weighted by Gasteiger charge is 2.25. The van der Waals surface area contributed by atoms with Gasteiger partial charge in [-0.25, -0.2) is 4.98 Å². The number of rotatable bonds is 5. The van der Waals surface area contributed by atoms with Crippen LogP contribution in [-0.4, -0.2) is 51.9 Å². The Labute approximate surface area is 145 Å². The molecule has 1 aliphatic rings. The minimum Gasteiger partial charge on any atom is -0.378 e. The molecular formula is C17H20N4O2S. The fourth-order valence-electron chi connectivity index (χ4n) is 2.77. The number of ether oxygens (including phenoxy) is 1. The van der Waals surface area contributed by atoms with E-state index >= 15 is 0 Å². The average molecular weight is 344 g/mol.